The number of rotatable bonds is 6. The Labute approximate surface area is 157 Å². The van der Waals surface area contributed by atoms with Gasteiger partial charge in [0.25, 0.3) is 5.91 Å². The minimum atomic E-state index is -0.349. The summed E-state index contributed by atoms with van der Waals surface area (Å²) in [6.07, 6.45) is 1.53. The lowest BCUT2D eigenvalue weighted by Gasteiger charge is -2.14. The zero-order chi connectivity index (χ0) is 19.2. The standard InChI is InChI=1S/C21H20FN3O2/c1-14(2)27-20-6-4-3-5-18(20)25-21(26)19-13-17(11-12-23-19)24-16-9-7-15(22)8-10-16/h3-14H,1-2H3,(H,23,24)(H,25,26). The minimum absolute atomic E-state index is 0.00980. The van der Waals surface area contributed by atoms with E-state index in [1.807, 2.05) is 26.0 Å². The predicted molar refractivity (Wildman–Crippen MR) is 104 cm³/mol. The van der Waals surface area contributed by atoms with Crippen molar-refractivity contribution in [2.45, 2.75) is 20.0 Å². The van der Waals surface area contributed by atoms with Crippen LogP contribution < -0.4 is 15.4 Å². The fraction of sp³-hybridized carbons (Fsp3) is 0.143. The average Bonchev–Trinajstić information content (AvgIpc) is 2.65. The van der Waals surface area contributed by atoms with Gasteiger partial charge >= 0.3 is 0 Å². The molecule has 6 heteroatoms. The van der Waals surface area contributed by atoms with Crippen LogP contribution >= 0.6 is 0 Å². The van der Waals surface area contributed by atoms with Gasteiger partial charge in [0.1, 0.15) is 17.3 Å². The summed E-state index contributed by atoms with van der Waals surface area (Å²) in [6.45, 7) is 3.84. The summed E-state index contributed by atoms with van der Waals surface area (Å²) < 4.78 is 18.7. The first-order chi connectivity index (χ1) is 13.0. The molecular weight excluding hydrogens is 345 g/mol. The molecule has 3 rings (SSSR count). The lowest BCUT2D eigenvalue weighted by atomic mass is 10.2. The molecule has 1 amide bonds. The number of pyridine rings is 1. The summed E-state index contributed by atoms with van der Waals surface area (Å²) in [7, 11) is 0. The Balaban J connectivity index is 1.75. The molecule has 0 saturated carbocycles. The van der Waals surface area contributed by atoms with E-state index in [0.717, 1.165) is 0 Å². The van der Waals surface area contributed by atoms with E-state index in [1.54, 1.807) is 36.4 Å². The molecule has 2 aromatic carbocycles. The lowest BCUT2D eigenvalue weighted by Crippen LogP contribution is -2.15. The number of halogens is 1. The van der Waals surface area contributed by atoms with Crippen LogP contribution in [0.2, 0.25) is 0 Å². The van der Waals surface area contributed by atoms with E-state index in [-0.39, 0.29) is 23.5 Å². The zero-order valence-electron chi connectivity index (χ0n) is 15.1. The second kappa shape index (κ2) is 8.31. The average molecular weight is 365 g/mol. The summed E-state index contributed by atoms with van der Waals surface area (Å²) >= 11 is 0. The van der Waals surface area contributed by atoms with Gasteiger partial charge in [-0.2, -0.15) is 0 Å². The molecule has 1 heterocycles. The molecule has 5 nitrogen and oxygen atoms in total. The number of benzene rings is 2. The van der Waals surface area contributed by atoms with E-state index in [1.165, 1.54) is 18.3 Å². The topological polar surface area (TPSA) is 63.2 Å². The van der Waals surface area contributed by atoms with Crippen molar-refractivity contribution in [3.8, 4) is 5.75 Å². The van der Waals surface area contributed by atoms with Crippen LogP contribution in [0.25, 0.3) is 0 Å². The van der Waals surface area contributed by atoms with Crippen molar-refractivity contribution < 1.29 is 13.9 Å². The third-order valence-corrected chi connectivity index (χ3v) is 3.62. The molecule has 0 aliphatic carbocycles. The van der Waals surface area contributed by atoms with E-state index in [0.29, 0.717) is 22.8 Å². The van der Waals surface area contributed by atoms with E-state index in [2.05, 4.69) is 15.6 Å². The first-order valence-corrected chi connectivity index (χ1v) is 8.57. The number of anilines is 3. The third kappa shape index (κ3) is 5.04. The monoisotopic (exact) mass is 365 g/mol. The Morgan fingerprint density at radius 2 is 1.78 bits per heavy atom. The number of carbonyl (C=O) groups is 1. The van der Waals surface area contributed by atoms with Crippen LogP contribution in [0.15, 0.2) is 66.9 Å². The van der Waals surface area contributed by atoms with Crippen molar-refractivity contribution in [1.29, 1.82) is 0 Å². The van der Waals surface area contributed by atoms with Crippen LogP contribution in [-0.2, 0) is 0 Å². The number of nitrogens with one attached hydrogen (secondary N) is 2. The molecule has 0 unspecified atom stereocenters. The second-order valence-corrected chi connectivity index (χ2v) is 6.18. The van der Waals surface area contributed by atoms with Crippen molar-refractivity contribution >= 4 is 23.0 Å². The van der Waals surface area contributed by atoms with Gasteiger partial charge in [-0.25, -0.2) is 4.39 Å². The minimum Gasteiger partial charge on any atom is -0.489 e. The highest BCUT2D eigenvalue weighted by Crippen LogP contribution is 2.25. The molecule has 0 bridgehead atoms. The van der Waals surface area contributed by atoms with Crippen LogP contribution in [-0.4, -0.2) is 17.0 Å². The normalized spacial score (nSPS) is 10.5. The molecule has 3 aromatic rings. The van der Waals surface area contributed by atoms with Gasteiger partial charge in [-0.05, 0) is 62.4 Å². The summed E-state index contributed by atoms with van der Waals surface area (Å²) in [4.78, 5) is 16.7. The zero-order valence-corrected chi connectivity index (χ0v) is 15.1. The Hall–Kier alpha value is -3.41. The summed E-state index contributed by atoms with van der Waals surface area (Å²) in [5, 5.41) is 5.94. The molecule has 0 atom stereocenters. The molecule has 0 aliphatic heterocycles. The first kappa shape index (κ1) is 18.4. The van der Waals surface area contributed by atoms with Crippen LogP contribution in [0.3, 0.4) is 0 Å². The molecule has 27 heavy (non-hydrogen) atoms. The number of hydrogen-bond donors (Lipinski definition) is 2. The number of ether oxygens (including phenoxy) is 1. The lowest BCUT2D eigenvalue weighted by molar-refractivity contribution is 0.102. The Morgan fingerprint density at radius 3 is 2.52 bits per heavy atom. The van der Waals surface area contributed by atoms with E-state index in [9.17, 15) is 9.18 Å². The van der Waals surface area contributed by atoms with Crippen molar-refractivity contribution in [3.05, 3.63) is 78.4 Å². The van der Waals surface area contributed by atoms with E-state index < -0.39 is 0 Å². The van der Waals surface area contributed by atoms with Gasteiger partial charge in [0.2, 0.25) is 0 Å². The summed E-state index contributed by atoms with van der Waals surface area (Å²) in [5.41, 5.74) is 2.22. The predicted octanol–water partition coefficient (Wildman–Crippen LogP) is 5.00. The van der Waals surface area contributed by atoms with Crippen molar-refractivity contribution in [2.75, 3.05) is 10.6 Å². The van der Waals surface area contributed by atoms with Gasteiger partial charge < -0.3 is 15.4 Å². The van der Waals surface area contributed by atoms with Crippen LogP contribution in [0, 0.1) is 5.82 Å². The molecule has 0 radical (unpaired) electrons. The Bertz CT molecular complexity index is 927. The number of hydrogen-bond acceptors (Lipinski definition) is 4. The van der Waals surface area contributed by atoms with Gasteiger partial charge in [0.15, 0.2) is 0 Å². The Kier molecular flexibility index (Phi) is 5.66. The van der Waals surface area contributed by atoms with Gasteiger partial charge in [-0.3, -0.25) is 9.78 Å². The maximum Gasteiger partial charge on any atom is 0.274 e. The number of carbonyl (C=O) groups excluding carboxylic acids is 1. The number of nitrogens with zero attached hydrogens (tertiary/aromatic N) is 1. The fourth-order valence-corrected chi connectivity index (χ4v) is 2.45. The van der Waals surface area contributed by atoms with Crippen LogP contribution in [0.1, 0.15) is 24.3 Å². The molecule has 138 valence electrons. The highest BCUT2D eigenvalue weighted by atomic mass is 19.1. The van der Waals surface area contributed by atoms with Crippen molar-refractivity contribution in [1.82, 2.24) is 4.98 Å². The highest BCUT2D eigenvalue weighted by molar-refractivity contribution is 6.04. The number of aromatic nitrogens is 1. The van der Waals surface area contributed by atoms with Gasteiger partial charge in [0.05, 0.1) is 11.8 Å². The maximum atomic E-state index is 13.0. The smallest absolute Gasteiger partial charge is 0.274 e. The largest absolute Gasteiger partial charge is 0.489 e. The third-order valence-electron chi connectivity index (χ3n) is 3.62. The molecule has 0 saturated heterocycles. The van der Waals surface area contributed by atoms with Crippen LogP contribution in [0.4, 0.5) is 21.5 Å². The van der Waals surface area contributed by atoms with Gasteiger partial charge in [0, 0.05) is 17.6 Å². The quantitative estimate of drug-likeness (QED) is 0.645. The first-order valence-electron chi connectivity index (χ1n) is 8.57. The van der Waals surface area contributed by atoms with Gasteiger partial charge in [-0.15, -0.1) is 0 Å². The van der Waals surface area contributed by atoms with E-state index in [4.69, 9.17) is 4.74 Å². The maximum absolute atomic E-state index is 13.0. The highest BCUT2D eigenvalue weighted by Gasteiger charge is 2.12. The SMILES string of the molecule is CC(C)Oc1ccccc1NC(=O)c1cc(Nc2ccc(F)cc2)ccn1. The summed E-state index contributed by atoms with van der Waals surface area (Å²) in [5.74, 6) is -0.0587. The molecular formula is C21H20FN3O2. The van der Waals surface area contributed by atoms with Gasteiger partial charge in [-0.1, -0.05) is 12.1 Å². The second-order valence-electron chi connectivity index (χ2n) is 6.18. The molecule has 0 spiro atoms. The molecule has 0 fully saturated rings. The van der Waals surface area contributed by atoms with Crippen LogP contribution in [0.5, 0.6) is 5.75 Å². The van der Waals surface area contributed by atoms with Crippen molar-refractivity contribution in [3.63, 3.8) is 0 Å². The number of para-hydroxylation sites is 2. The Morgan fingerprint density at radius 1 is 1.04 bits per heavy atom. The molecule has 1 aromatic heterocycles. The fourth-order valence-electron chi connectivity index (χ4n) is 2.45. The molecule has 2 N–H and O–H groups in total. The number of amides is 1. The van der Waals surface area contributed by atoms with Crippen molar-refractivity contribution in [2.24, 2.45) is 0 Å². The molecule has 0 aliphatic rings. The van der Waals surface area contributed by atoms with E-state index >= 15 is 0 Å². The summed E-state index contributed by atoms with van der Waals surface area (Å²) in [6, 6.07) is 16.6.